The van der Waals surface area contributed by atoms with Crippen LogP contribution in [0.2, 0.25) is 0 Å². The van der Waals surface area contributed by atoms with Gasteiger partial charge in [-0.3, -0.25) is 14.9 Å². The van der Waals surface area contributed by atoms with E-state index in [1.807, 2.05) is 4.90 Å². The minimum atomic E-state index is -0.386. The summed E-state index contributed by atoms with van der Waals surface area (Å²) < 4.78 is 10.7. The third-order valence-corrected chi connectivity index (χ3v) is 4.21. The molecule has 2 heterocycles. The molecule has 0 saturated carbocycles. The Morgan fingerprint density at radius 3 is 2.68 bits per heavy atom. The third kappa shape index (κ3) is 4.30. The van der Waals surface area contributed by atoms with Gasteiger partial charge in [-0.2, -0.15) is 0 Å². The van der Waals surface area contributed by atoms with Crippen molar-refractivity contribution in [1.82, 2.24) is 10.2 Å². The number of hydrogen-bond donors (Lipinski definition) is 1. The molecule has 0 spiro atoms. The van der Waals surface area contributed by atoms with Crippen molar-refractivity contribution in [2.24, 2.45) is 5.92 Å². The molecule has 120 valence electrons. The third-order valence-electron chi connectivity index (χ3n) is 3.42. The van der Waals surface area contributed by atoms with E-state index in [0.717, 1.165) is 0 Å². The van der Waals surface area contributed by atoms with Gasteiger partial charge in [0.2, 0.25) is 0 Å². The molecule has 0 aliphatic carbocycles. The SMILES string of the molecule is CCOC(=O)C1CCN(C(=S)NC(=O)c2ccc(Br)o2)CC1. The first-order valence-electron chi connectivity index (χ1n) is 7.03. The van der Waals surface area contributed by atoms with Crippen molar-refractivity contribution in [3.63, 3.8) is 0 Å². The number of carbonyl (C=O) groups is 2. The molecule has 0 atom stereocenters. The second-order valence-corrected chi connectivity index (χ2v) is 6.04. The fourth-order valence-corrected chi connectivity index (χ4v) is 2.83. The molecule has 8 heteroatoms. The number of thiocarbonyl (C=S) groups is 1. The normalized spacial score (nSPS) is 15.5. The van der Waals surface area contributed by atoms with Crippen LogP contribution in [-0.2, 0) is 9.53 Å². The Hall–Kier alpha value is -1.41. The number of hydrogen-bond acceptors (Lipinski definition) is 5. The van der Waals surface area contributed by atoms with Crippen molar-refractivity contribution in [3.05, 3.63) is 22.6 Å². The zero-order valence-corrected chi connectivity index (χ0v) is 14.5. The van der Waals surface area contributed by atoms with Gasteiger partial charge in [-0.05, 0) is 60.0 Å². The van der Waals surface area contributed by atoms with Gasteiger partial charge in [0.1, 0.15) is 0 Å². The molecule has 6 nitrogen and oxygen atoms in total. The summed E-state index contributed by atoms with van der Waals surface area (Å²) in [7, 11) is 0. The van der Waals surface area contributed by atoms with Crippen molar-refractivity contribution in [3.8, 4) is 0 Å². The number of ether oxygens (including phenoxy) is 1. The second kappa shape index (κ2) is 7.73. The van der Waals surface area contributed by atoms with E-state index in [-0.39, 0.29) is 23.6 Å². The van der Waals surface area contributed by atoms with E-state index in [9.17, 15) is 9.59 Å². The summed E-state index contributed by atoms with van der Waals surface area (Å²) >= 11 is 8.38. The van der Waals surface area contributed by atoms with Crippen molar-refractivity contribution < 1.29 is 18.7 Å². The molecule has 1 aliphatic rings. The quantitative estimate of drug-likeness (QED) is 0.632. The first-order chi connectivity index (χ1) is 10.5. The van der Waals surface area contributed by atoms with Gasteiger partial charge >= 0.3 is 5.97 Å². The Morgan fingerprint density at radius 2 is 2.14 bits per heavy atom. The molecular formula is C14H17BrN2O4S. The highest BCUT2D eigenvalue weighted by atomic mass is 79.9. The number of esters is 1. The highest BCUT2D eigenvalue weighted by molar-refractivity contribution is 9.10. The van der Waals surface area contributed by atoms with Crippen LogP contribution in [0.5, 0.6) is 0 Å². The lowest BCUT2D eigenvalue weighted by atomic mass is 9.97. The van der Waals surface area contributed by atoms with Crippen LogP contribution < -0.4 is 5.32 Å². The summed E-state index contributed by atoms with van der Waals surface area (Å²) in [6.45, 7) is 3.42. The first-order valence-corrected chi connectivity index (χ1v) is 8.23. The summed E-state index contributed by atoms with van der Waals surface area (Å²) in [5.74, 6) is -0.438. The van der Waals surface area contributed by atoms with Crippen LogP contribution in [0, 0.1) is 5.92 Å². The van der Waals surface area contributed by atoms with Crippen molar-refractivity contribution >= 4 is 45.1 Å². The molecule has 0 aromatic carbocycles. The maximum Gasteiger partial charge on any atom is 0.309 e. The van der Waals surface area contributed by atoms with E-state index in [1.54, 1.807) is 19.1 Å². The number of piperidine rings is 1. The smallest absolute Gasteiger partial charge is 0.309 e. The number of amides is 1. The topological polar surface area (TPSA) is 71.8 Å². The van der Waals surface area contributed by atoms with Gasteiger partial charge in [0.15, 0.2) is 15.5 Å². The number of halogens is 1. The zero-order valence-electron chi connectivity index (χ0n) is 12.1. The first kappa shape index (κ1) is 17.0. The Labute approximate surface area is 142 Å². The van der Waals surface area contributed by atoms with Crippen LogP contribution in [0.3, 0.4) is 0 Å². The van der Waals surface area contributed by atoms with Crippen molar-refractivity contribution in [2.45, 2.75) is 19.8 Å². The van der Waals surface area contributed by atoms with Crippen LogP contribution in [0.4, 0.5) is 0 Å². The highest BCUT2D eigenvalue weighted by Gasteiger charge is 2.27. The zero-order chi connectivity index (χ0) is 16.1. The molecule has 1 aromatic rings. The standard InChI is InChI=1S/C14H17BrN2O4S/c1-2-20-13(19)9-5-7-17(8-6-9)14(22)16-12(18)10-3-4-11(15)21-10/h3-4,9H,2,5-8H2,1H3,(H,16,18,22). The molecule has 1 fully saturated rings. The van der Waals surface area contributed by atoms with E-state index in [0.29, 0.717) is 42.3 Å². The van der Waals surface area contributed by atoms with Gasteiger partial charge in [0.05, 0.1) is 12.5 Å². The van der Waals surface area contributed by atoms with Gasteiger partial charge < -0.3 is 14.1 Å². The molecule has 0 radical (unpaired) electrons. The van der Waals surface area contributed by atoms with Crippen LogP contribution in [0.15, 0.2) is 21.2 Å². The summed E-state index contributed by atoms with van der Waals surface area (Å²) in [4.78, 5) is 25.5. The second-order valence-electron chi connectivity index (χ2n) is 4.88. The van der Waals surface area contributed by atoms with E-state index < -0.39 is 0 Å². The fourth-order valence-electron chi connectivity index (χ4n) is 2.25. The summed E-state index contributed by atoms with van der Waals surface area (Å²) in [5.41, 5.74) is 0. The minimum absolute atomic E-state index is 0.0873. The van der Waals surface area contributed by atoms with Gasteiger partial charge in [0, 0.05) is 13.1 Å². The molecule has 2 rings (SSSR count). The molecule has 0 unspecified atom stereocenters. The van der Waals surface area contributed by atoms with Crippen LogP contribution in [0.1, 0.15) is 30.3 Å². The molecule has 0 bridgehead atoms. The number of nitrogens with one attached hydrogen (secondary N) is 1. The molecule has 1 saturated heterocycles. The average molecular weight is 389 g/mol. The van der Waals surface area contributed by atoms with Crippen molar-refractivity contribution in [1.29, 1.82) is 0 Å². The van der Waals surface area contributed by atoms with Crippen molar-refractivity contribution in [2.75, 3.05) is 19.7 Å². The molecular weight excluding hydrogens is 372 g/mol. The maximum absolute atomic E-state index is 12.0. The molecule has 22 heavy (non-hydrogen) atoms. The van der Waals surface area contributed by atoms with Gasteiger partial charge in [-0.15, -0.1) is 0 Å². The van der Waals surface area contributed by atoms with Gasteiger partial charge in [-0.25, -0.2) is 0 Å². The monoisotopic (exact) mass is 388 g/mol. The number of nitrogens with zero attached hydrogens (tertiary/aromatic N) is 1. The predicted molar refractivity (Wildman–Crippen MR) is 87.4 cm³/mol. The number of furan rings is 1. The molecule has 1 aromatic heterocycles. The lowest BCUT2D eigenvalue weighted by molar-refractivity contribution is -0.149. The molecule has 1 N–H and O–H groups in total. The maximum atomic E-state index is 12.0. The summed E-state index contributed by atoms with van der Waals surface area (Å²) in [6, 6.07) is 3.21. The van der Waals surface area contributed by atoms with Gasteiger partial charge in [-0.1, -0.05) is 0 Å². The highest BCUT2D eigenvalue weighted by Crippen LogP contribution is 2.19. The van der Waals surface area contributed by atoms with E-state index in [4.69, 9.17) is 21.4 Å². The number of rotatable bonds is 3. The lowest BCUT2D eigenvalue weighted by Gasteiger charge is -2.32. The fraction of sp³-hybridized carbons (Fsp3) is 0.500. The molecule has 1 aliphatic heterocycles. The minimum Gasteiger partial charge on any atom is -0.466 e. The lowest BCUT2D eigenvalue weighted by Crippen LogP contribution is -2.47. The van der Waals surface area contributed by atoms with Crippen LogP contribution in [-0.4, -0.2) is 41.6 Å². The van der Waals surface area contributed by atoms with E-state index in [2.05, 4.69) is 21.2 Å². The number of carbonyl (C=O) groups excluding carboxylic acids is 2. The largest absolute Gasteiger partial charge is 0.466 e. The Balaban J connectivity index is 1.82. The Bertz CT molecular complexity index is 567. The van der Waals surface area contributed by atoms with Gasteiger partial charge in [0.25, 0.3) is 5.91 Å². The number of likely N-dealkylation sites (tertiary alicyclic amines) is 1. The van der Waals surface area contributed by atoms with Crippen LogP contribution >= 0.6 is 28.1 Å². The van der Waals surface area contributed by atoms with E-state index >= 15 is 0 Å². The summed E-state index contributed by atoms with van der Waals surface area (Å²) in [5, 5.41) is 2.98. The average Bonchev–Trinajstić information content (AvgIpc) is 2.94. The Kier molecular flexibility index (Phi) is 5.96. The van der Waals surface area contributed by atoms with E-state index in [1.165, 1.54) is 0 Å². The predicted octanol–water partition coefficient (Wildman–Crippen LogP) is 2.33. The van der Waals surface area contributed by atoms with Crippen LogP contribution in [0.25, 0.3) is 0 Å². The Morgan fingerprint density at radius 1 is 1.45 bits per heavy atom. The molecule has 1 amide bonds. The summed E-state index contributed by atoms with van der Waals surface area (Å²) in [6.07, 6.45) is 1.34.